The van der Waals surface area contributed by atoms with Gasteiger partial charge in [-0.15, -0.1) is 0 Å². The molecule has 3 nitrogen and oxygen atoms in total. The molecular weight excluding hydrogens is 301 g/mol. The van der Waals surface area contributed by atoms with Crippen LogP contribution in [0.25, 0.3) is 22.2 Å². The number of halogens is 2. The Balaban J connectivity index is 1.95. The van der Waals surface area contributed by atoms with Crippen molar-refractivity contribution in [1.82, 2.24) is 14.5 Å². The molecule has 1 fully saturated rings. The monoisotopic (exact) mass is 315 g/mol. The summed E-state index contributed by atoms with van der Waals surface area (Å²) in [7, 11) is 0. The summed E-state index contributed by atoms with van der Waals surface area (Å²) in [5.74, 6) is 0.473. The van der Waals surface area contributed by atoms with Gasteiger partial charge in [-0.3, -0.25) is 0 Å². The summed E-state index contributed by atoms with van der Waals surface area (Å²) in [6.45, 7) is 2.25. The van der Waals surface area contributed by atoms with Crippen molar-refractivity contribution in [3.05, 3.63) is 47.8 Å². The molecule has 2 heterocycles. The summed E-state index contributed by atoms with van der Waals surface area (Å²) in [6.07, 6.45) is 5.79. The minimum atomic E-state index is -0.261. The van der Waals surface area contributed by atoms with E-state index < -0.39 is 0 Å². The number of fused-ring (bicyclic) bond motifs is 1. The van der Waals surface area contributed by atoms with Gasteiger partial charge in [-0.05, 0) is 36.5 Å². The second-order valence-electron chi connectivity index (χ2n) is 6.05. The summed E-state index contributed by atoms with van der Waals surface area (Å²) in [5.41, 5.74) is 2.52. The third-order valence-corrected chi connectivity index (χ3v) is 4.73. The summed E-state index contributed by atoms with van der Waals surface area (Å²) < 4.78 is 15.7. The number of benzene rings is 1. The van der Waals surface area contributed by atoms with Crippen molar-refractivity contribution < 1.29 is 4.39 Å². The van der Waals surface area contributed by atoms with Crippen molar-refractivity contribution in [2.45, 2.75) is 25.8 Å². The standard InChI is InChI=1S/C17H15ClFN3/c1-10-5-13(6-10)22-8-14(11-3-2-4-12(19)7-11)15-16(18)20-9-21-17(15)22/h2-4,7-10,13H,5-6H2,1H3. The van der Waals surface area contributed by atoms with Crippen molar-refractivity contribution >= 4 is 22.6 Å². The summed E-state index contributed by atoms with van der Waals surface area (Å²) >= 11 is 6.30. The zero-order valence-electron chi connectivity index (χ0n) is 12.1. The maximum Gasteiger partial charge on any atom is 0.145 e. The van der Waals surface area contributed by atoms with Gasteiger partial charge in [-0.2, -0.15) is 0 Å². The molecule has 0 atom stereocenters. The van der Waals surface area contributed by atoms with Crippen LogP contribution in [0, 0.1) is 11.7 Å². The molecule has 1 aromatic carbocycles. The summed E-state index contributed by atoms with van der Waals surface area (Å²) in [4.78, 5) is 8.51. The average molecular weight is 316 g/mol. The van der Waals surface area contributed by atoms with Gasteiger partial charge in [0, 0.05) is 17.8 Å². The smallest absolute Gasteiger partial charge is 0.145 e. The normalized spacial score (nSPS) is 21.0. The first-order chi connectivity index (χ1) is 10.6. The molecule has 0 unspecified atom stereocenters. The number of nitrogens with zero attached hydrogens (tertiary/aromatic N) is 3. The summed E-state index contributed by atoms with van der Waals surface area (Å²) in [5, 5.41) is 1.21. The van der Waals surface area contributed by atoms with Crippen LogP contribution in [0.3, 0.4) is 0 Å². The lowest BCUT2D eigenvalue weighted by Crippen LogP contribution is -2.24. The van der Waals surface area contributed by atoms with Crippen LogP contribution < -0.4 is 0 Å². The minimum absolute atomic E-state index is 0.261. The molecule has 1 aliphatic carbocycles. The molecule has 0 radical (unpaired) electrons. The molecule has 0 saturated heterocycles. The Morgan fingerprint density at radius 1 is 1.27 bits per heavy atom. The fourth-order valence-corrected chi connectivity index (χ4v) is 3.52. The topological polar surface area (TPSA) is 30.7 Å². The Morgan fingerprint density at radius 3 is 2.82 bits per heavy atom. The van der Waals surface area contributed by atoms with Crippen LogP contribution in [0.2, 0.25) is 5.15 Å². The van der Waals surface area contributed by atoms with E-state index in [-0.39, 0.29) is 5.82 Å². The van der Waals surface area contributed by atoms with Crippen LogP contribution in [-0.2, 0) is 0 Å². The molecule has 0 amide bonds. The molecule has 112 valence electrons. The lowest BCUT2D eigenvalue weighted by atomic mass is 9.82. The van der Waals surface area contributed by atoms with Crippen LogP contribution in [0.1, 0.15) is 25.8 Å². The highest BCUT2D eigenvalue weighted by molar-refractivity contribution is 6.35. The Labute approximate surface area is 132 Å². The van der Waals surface area contributed by atoms with E-state index in [0.717, 1.165) is 40.9 Å². The van der Waals surface area contributed by atoms with Crippen LogP contribution in [0.4, 0.5) is 4.39 Å². The maximum atomic E-state index is 13.6. The molecule has 0 N–H and O–H groups in total. The van der Waals surface area contributed by atoms with E-state index in [9.17, 15) is 4.39 Å². The van der Waals surface area contributed by atoms with Crippen molar-refractivity contribution in [2.24, 2.45) is 5.92 Å². The Bertz CT molecular complexity index is 852. The van der Waals surface area contributed by atoms with E-state index in [1.54, 1.807) is 6.07 Å². The Kier molecular flexibility index (Phi) is 3.15. The predicted octanol–water partition coefficient (Wildman–Crippen LogP) is 4.86. The Morgan fingerprint density at radius 2 is 2.09 bits per heavy atom. The van der Waals surface area contributed by atoms with Gasteiger partial charge < -0.3 is 4.57 Å². The van der Waals surface area contributed by atoms with Crippen molar-refractivity contribution in [3.63, 3.8) is 0 Å². The quantitative estimate of drug-likeness (QED) is 0.632. The zero-order chi connectivity index (χ0) is 15.3. The minimum Gasteiger partial charge on any atom is -0.329 e. The molecule has 1 aliphatic rings. The molecule has 3 aromatic rings. The fourth-order valence-electron chi connectivity index (χ4n) is 3.29. The predicted molar refractivity (Wildman–Crippen MR) is 85.4 cm³/mol. The van der Waals surface area contributed by atoms with Crippen LogP contribution in [-0.4, -0.2) is 14.5 Å². The van der Waals surface area contributed by atoms with E-state index in [0.29, 0.717) is 11.2 Å². The largest absolute Gasteiger partial charge is 0.329 e. The first-order valence-corrected chi connectivity index (χ1v) is 7.78. The molecule has 1 saturated carbocycles. The highest BCUT2D eigenvalue weighted by Crippen LogP contribution is 2.42. The van der Waals surface area contributed by atoms with Crippen molar-refractivity contribution in [3.8, 4) is 11.1 Å². The van der Waals surface area contributed by atoms with E-state index >= 15 is 0 Å². The molecule has 22 heavy (non-hydrogen) atoms. The molecular formula is C17H15ClFN3. The third-order valence-electron chi connectivity index (χ3n) is 4.44. The molecule has 4 rings (SSSR count). The van der Waals surface area contributed by atoms with E-state index in [4.69, 9.17) is 11.6 Å². The number of rotatable bonds is 2. The fraction of sp³-hybridized carbons (Fsp3) is 0.294. The van der Waals surface area contributed by atoms with Crippen molar-refractivity contribution in [2.75, 3.05) is 0 Å². The van der Waals surface area contributed by atoms with Gasteiger partial charge in [-0.25, -0.2) is 14.4 Å². The molecule has 0 aliphatic heterocycles. The van der Waals surface area contributed by atoms with Gasteiger partial charge in [0.2, 0.25) is 0 Å². The van der Waals surface area contributed by atoms with Crippen LogP contribution in [0.5, 0.6) is 0 Å². The lowest BCUT2D eigenvalue weighted by Gasteiger charge is -2.34. The number of aromatic nitrogens is 3. The van der Waals surface area contributed by atoms with Gasteiger partial charge in [0.25, 0.3) is 0 Å². The SMILES string of the molecule is CC1CC(n2cc(-c3cccc(F)c3)c3c(Cl)ncnc32)C1. The molecule has 0 spiro atoms. The Hall–Kier alpha value is -1.94. The number of hydrogen-bond acceptors (Lipinski definition) is 2. The highest BCUT2D eigenvalue weighted by atomic mass is 35.5. The first kappa shape index (κ1) is 13.7. The lowest BCUT2D eigenvalue weighted by molar-refractivity contribution is 0.220. The van der Waals surface area contributed by atoms with Crippen LogP contribution in [0.15, 0.2) is 36.8 Å². The molecule has 2 aromatic heterocycles. The maximum absolute atomic E-state index is 13.6. The van der Waals surface area contributed by atoms with Crippen molar-refractivity contribution in [1.29, 1.82) is 0 Å². The summed E-state index contributed by atoms with van der Waals surface area (Å²) in [6, 6.07) is 6.98. The van der Waals surface area contributed by atoms with Gasteiger partial charge in [0.15, 0.2) is 0 Å². The molecule has 0 bridgehead atoms. The second kappa shape index (κ2) is 5.06. The van der Waals surface area contributed by atoms with Gasteiger partial charge >= 0.3 is 0 Å². The highest BCUT2D eigenvalue weighted by Gasteiger charge is 2.29. The second-order valence-corrected chi connectivity index (χ2v) is 6.41. The van der Waals surface area contributed by atoms with Crippen LogP contribution >= 0.6 is 11.6 Å². The zero-order valence-corrected chi connectivity index (χ0v) is 12.9. The van der Waals surface area contributed by atoms with Gasteiger partial charge in [-0.1, -0.05) is 30.7 Å². The van der Waals surface area contributed by atoms with E-state index in [1.165, 1.54) is 18.5 Å². The van der Waals surface area contributed by atoms with Gasteiger partial charge in [0.1, 0.15) is 22.9 Å². The molecule has 5 heteroatoms. The van der Waals surface area contributed by atoms with E-state index in [2.05, 4.69) is 21.5 Å². The van der Waals surface area contributed by atoms with E-state index in [1.807, 2.05) is 12.3 Å². The average Bonchev–Trinajstić information content (AvgIpc) is 2.85. The third kappa shape index (κ3) is 2.10. The number of hydrogen-bond donors (Lipinski definition) is 0. The van der Waals surface area contributed by atoms with Gasteiger partial charge in [0.05, 0.1) is 5.39 Å². The first-order valence-electron chi connectivity index (χ1n) is 7.40.